The van der Waals surface area contributed by atoms with E-state index >= 15 is 0 Å². The summed E-state index contributed by atoms with van der Waals surface area (Å²) in [5.74, 6) is -4.44. The molecule has 3 heteroatoms. The fourth-order valence-electron chi connectivity index (χ4n) is 2.26. The molecule has 2 atom stereocenters. The maximum atomic E-state index is 13.3. The molecule has 0 aromatic heterocycles. The van der Waals surface area contributed by atoms with Gasteiger partial charge in [-0.05, 0) is 16.5 Å². The summed E-state index contributed by atoms with van der Waals surface area (Å²) >= 11 is 0. The van der Waals surface area contributed by atoms with E-state index in [4.69, 9.17) is 5.11 Å². The third-order valence-corrected chi connectivity index (χ3v) is 3.53. The molecule has 2 rings (SSSR count). The van der Waals surface area contributed by atoms with Crippen LogP contribution in [-0.2, 0) is 5.41 Å². The molecule has 1 aromatic carbocycles. The fourth-order valence-corrected chi connectivity index (χ4v) is 2.26. The normalized spacial score (nSPS) is 26.9. The zero-order valence-electron chi connectivity index (χ0n) is 10.4. The summed E-state index contributed by atoms with van der Waals surface area (Å²) in [6, 6.07) is 7.32. The molecule has 1 nitrogen and oxygen atoms in total. The lowest BCUT2D eigenvalue weighted by Gasteiger charge is -2.19. The zero-order chi connectivity index (χ0) is 12.8. The number of alkyl halides is 2. The minimum atomic E-state index is -2.74. The molecule has 1 fully saturated rings. The highest BCUT2D eigenvalue weighted by Crippen LogP contribution is 2.61. The van der Waals surface area contributed by atoms with Crippen LogP contribution in [-0.4, -0.2) is 17.6 Å². The van der Waals surface area contributed by atoms with Gasteiger partial charge in [-0.3, -0.25) is 0 Å². The molecule has 0 aliphatic heterocycles. The van der Waals surface area contributed by atoms with Gasteiger partial charge in [0, 0.05) is 0 Å². The van der Waals surface area contributed by atoms with Crippen LogP contribution >= 0.6 is 0 Å². The van der Waals surface area contributed by atoms with Crippen molar-refractivity contribution < 1.29 is 13.9 Å². The molecule has 1 aliphatic carbocycles. The van der Waals surface area contributed by atoms with Crippen molar-refractivity contribution in [1.29, 1.82) is 0 Å². The highest BCUT2D eigenvalue weighted by molar-refractivity contribution is 5.36. The first-order valence-corrected chi connectivity index (χ1v) is 5.87. The lowest BCUT2D eigenvalue weighted by atomic mass is 9.86. The molecule has 94 valence electrons. The van der Waals surface area contributed by atoms with Crippen LogP contribution in [0, 0.1) is 5.92 Å². The van der Waals surface area contributed by atoms with Gasteiger partial charge in [-0.15, -0.1) is 0 Å². The number of rotatable bonds is 2. The largest absolute Gasteiger partial charge is 0.396 e. The average molecular weight is 240 g/mol. The van der Waals surface area contributed by atoms with Gasteiger partial charge in [0.25, 0.3) is 5.92 Å². The van der Waals surface area contributed by atoms with Crippen LogP contribution in [0.5, 0.6) is 0 Å². The minimum Gasteiger partial charge on any atom is -0.396 e. The smallest absolute Gasteiger partial charge is 0.261 e. The van der Waals surface area contributed by atoms with E-state index in [0.29, 0.717) is 5.56 Å². The van der Waals surface area contributed by atoms with Crippen molar-refractivity contribution >= 4 is 0 Å². The van der Waals surface area contributed by atoms with Crippen molar-refractivity contribution in [2.75, 3.05) is 6.61 Å². The Morgan fingerprint density at radius 2 is 1.71 bits per heavy atom. The summed E-state index contributed by atoms with van der Waals surface area (Å²) in [6.45, 7) is 5.82. The highest BCUT2D eigenvalue weighted by Gasteiger charge is 2.68. The molecule has 17 heavy (non-hydrogen) atoms. The molecule has 1 N–H and O–H groups in total. The van der Waals surface area contributed by atoms with Crippen LogP contribution in [0.2, 0.25) is 0 Å². The molecule has 0 heterocycles. The third kappa shape index (κ3) is 2.08. The van der Waals surface area contributed by atoms with Crippen molar-refractivity contribution in [1.82, 2.24) is 0 Å². The third-order valence-electron chi connectivity index (χ3n) is 3.53. The van der Waals surface area contributed by atoms with E-state index in [1.807, 2.05) is 12.1 Å². The van der Waals surface area contributed by atoms with E-state index in [1.54, 1.807) is 12.1 Å². The van der Waals surface area contributed by atoms with Gasteiger partial charge in [-0.25, -0.2) is 8.78 Å². The number of hydrogen-bond donors (Lipinski definition) is 1. The molecule has 0 saturated heterocycles. The lowest BCUT2D eigenvalue weighted by Crippen LogP contribution is -2.10. The Balaban J connectivity index is 2.21. The van der Waals surface area contributed by atoms with Crippen molar-refractivity contribution in [2.24, 2.45) is 5.92 Å². The fraction of sp³-hybridized carbons (Fsp3) is 0.571. The van der Waals surface area contributed by atoms with E-state index < -0.39 is 24.4 Å². The Kier molecular flexibility index (Phi) is 2.77. The number of halogens is 2. The van der Waals surface area contributed by atoms with Crippen LogP contribution in [0.25, 0.3) is 0 Å². The van der Waals surface area contributed by atoms with Gasteiger partial charge in [-0.1, -0.05) is 45.0 Å². The molecule has 0 spiro atoms. The van der Waals surface area contributed by atoms with Crippen LogP contribution in [0.1, 0.15) is 37.8 Å². The predicted octanol–water partition coefficient (Wildman–Crippen LogP) is 3.33. The summed E-state index contributed by atoms with van der Waals surface area (Å²) < 4.78 is 26.6. The molecular formula is C14H18F2O. The van der Waals surface area contributed by atoms with E-state index in [-0.39, 0.29) is 5.41 Å². The Bertz CT molecular complexity index is 403. The summed E-state index contributed by atoms with van der Waals surface area (Å²) in [6.07, 6.45) is 0. The SMILES string of the molecule is CC(C)(C)c1ccc([C@@H]2[C@@H](CO)C2(F)F)cc1. The maximum Gasteiger partial charge on any atom is 0.261 e. The topological polar surface area (TPSA) is 20.2 Å². The molecule has 1 aromatic rings. The molecule has 0 unspecified atom stereocenters. The van der Waals surface area contributed by atoms with Crippen molar-refractivity contribution in [3.8, 4) is 0 Å². The number of aliphatic hydroxyl groups excluding tert-OH is 1. The van der Waals surface area contributed by atoms with Crippen LogP contribution in [0.4, 0.5) is 8.78 Å². The number of aliphatic hydroxyl groups is 1. The number of hydrogen-bond acceptors (Lipinski definition) is 1. The molecule has 0 amide bonds. The quantitative estimate of drug-likeness (QED) is 0.840. The van der Waals surface area contributed by atoms with Gasteiger partial charge in [0.15, 0.2) is 0 Å². The van der Waals surface area contributed by atoms with E-state index in [2.05, 4.69) is 20.8 Å². The van der Waals surface area contributed by atoms with Crippen LogP contribution in [0.15, 0.2) is 24.3 Å². The molecule has 0 bridgehead atoms. The molecular weight excluding hydrogens is 222 g/mol. The second-order valence-electron chi connectivity index (χ2n) is 5.81. The standard InChI is InChI=1S/C14H18F2O/c1-13(2,3)10-6-4-9(5-7-10)12-11(8-17)14(12,15)16/h4-7,11-12,17H,8H2,1-3H3/t11-,12-/m1/s1. The minimum absolute atomic E-state index is 0.0287. The van der Waals surface area contributed by atoms with E-state index in [9.17, 15) is 8.78 Å². The van der Waals surface area contributed by atoms with Crippen molar-refractivity contribution in [3.05, 3.63) is 35.4 Å². The zero-order valence-corrected chi connectivity index (χ0v) is 10.4. The molecule has 0 radical (unpaired) electrons. The summed E-state index contributed by atoms with van der Waals surface area (Å²) in [5.41, 5.74) is 1.79. The van der Waals surface area contributed by atoms with E-state index in [0.717, 1.165) is 5.56 Å². The van der Waals surface area contributed by atoms with Gasteiger partial charge in [0.2, 0.25) is 0 Å². The van der Waals surface area contributed by atoms with Gasteiger partial charge in [0.1, 0.15) is 0 Å². The summed E-state index contributed by atoms with van der Waals surface area (Å²) in [5, 5.41) is 8.88. The Labute approximate surface area is 100 Å². The number of benzene rings is 1. The monoisotopic (exact) mass is 240 g/mol. The average Bonchev–Trinajstić information content (AvgIpc) is 2.79. The first-order chi connectivity index (χ1) is 7.78. The van der Waals surface area contributed by atoms with Crippen molar-refractivity contribution in [3.63, 3.8) is 0 Å². The second-order valence-corrected chi connectivity index (χ2v) is 5.81. The van der Waals surface area contributed by atoms with Gasteiger partial charge >= 0.3 is 0 Å². The first kappa shape index (κ1) is 12.5. The second kappa shape index (κ2) is 3.77. The van der Waals surface area contributed by atoms with Gasteiger partial charge in [0.05, 0.1) is 18.4 Å². The maximum absolute atomic E-state index is 13.3. The van der Waals surface area contributed by atoms with E-state index in [1.165, 1.54) is 0 Å². The Morgan fingerprint density at radius 1 is 1.18 bits per heavy atom. The highest BCUT2D eigenvalue weighted by atomic mass is 19.3. The van der Waals surface area contributed by atoms with Gasteiger partial charge < -0.3 is 5.11 Å². The predicted molar refractivity (Wildman–Crippen MR) is 63.4 cm³/mol. The van der Waals surface area contributed by atoms with Gasteiger partial charge in [-0.2, -0.15) is 0 Å². The van der Waals surface area contributed by atoms with Crippen LogP contribution < -0.4 is 0 Å². The lowest BCUT2D eigenvalue weighted by molar-refractivity contribution is 0.0785. The summed E-state index contributed by atoms with van der Waals surface area (Å²) in [4.78, 5) is 0. The first-order valence-electron chi connectivity index (χ1n) is 5.87. The molecule has 1 saturated carbocycles. The van der Waals surface area contributed by atoms with Crippen LogP contribution in [0.3, 0.4) is 0 Å². The van der Waals surface area contributed by atoms with Crippen molar-refractivity contribution in [2.45, 2.75) is 38.0 Å². The Hall–Kier alpha value is -0.960. The Morgan fingerprint density at radius 3 is 2.06 bits per heavy atom. The summed E-state index contributed by atoms with van der Waals surface area (Å²) in [7, 11) is 0. The molecule has 1 aliphatic rings.